The lowest BCUT2D eigenvalue weighted by Crippen LogP contribution is -2.38. The molecule has 1 unspecified atom stereocenters. The lowest BCUT2D eigenvalue weighted by Gasteiger charge is -2.25. The van der Waals surface area contributed by atoms with Crippen LogP contribution in [0.3, 0.4) is 0 Å². The van der Waals surface area contributed by atoms with Crippen LogP contribution in [-0.4, -0.2) is 48.9 Å². The monoisotopic (exact) mass is 255 g/mol. The van der Waals surface area contributed by atoms with E-state index in [1.165, 1.54) is 6.07 Å². The quantitative estimate of drug-likeness (QED) is 0.701. The third-order valence-corrected chi connectivity index (χ3v) is 2.97. The summed E-state index contributed by atoms with van der Waals surface area (Å²) in [6.45, 7) is 3.08. The van der Waals surface area contributed by atoms with Crippen molar-refractivity contribution in [3.05, 3.63) is 29.6 Å². The van der Waals surface area contributed by atoms with E-state index in [1.54, 1.807) is 13.2 Å². The van der Waals surface area contributed by atoms with Crippen LogP contribution < -0.4 is 5.46 Å². The molecule has 0 aliphatic carbocycles. The van der Waals surface area contributed by atoms with E-state index in [9.17, 15) is 14.4 Å². The summed E-state index contributed by atoms with van der Waals surface area (Å²) in [5.41, 5.74) is 0.892. The molecule has 0 spiro atoms. The van der Waals surface area contributed by atoms with E-state index in [1.807, 2.05) is 18.9 Å². The standard InChI is InChI=1S/C12H19BFNO3/c1-9(8-18-3)15(2)7-10-4-5-11(14)6-12(10)13(16)17/h4-6,9,16-17H,7-8H2,1-3H3. The second kappa shape index (κ2) is 6.85. The van der Waals surface area contributed by atoms with Crippen LogP contribution in [0, 0.1) is 5.82 Å². The first-order valence-corrected chi connectivity index (χ1v) is 5.79. The molecule has 2 N–H and O–H groups in total. The molecule has 4 nitrogen and oxygen atoms in total. The first kappa shape index (κ1) is 15.1. The van der Waals surface area contributed by atoms with Gasteiger partial charge in [0.15, 0.2) is 0 Å². The summed E-state index contributed by atoms with van der Waals surface area (Å²) in [6, 6.07) is 4.22. The number of ether oxygens (including phenoxy) is 1. The second-order valence-corrected chi connectivity index (χ2v) is 4.44. The smallest absolute Gasteiger partial charge is 0.423 e. The summed E-state index contributed by atoms with van der Waals surface area (Å²) in [7, 11) is 1.87. The molecule has 1 rings (SSSR count). The number of hydrogen-bond acceptors (Lipinski definition) is 4. The molecule has 0 bridgehead atoms. The van der Waals surface area contributed by atoms with Crippen LogP contribution in [0.2, 0.25) is 0 Å². The van der Waals surface area contributed by atoms with Crippen molar-refractivity contribution >= 4 is 12.6 Å². The van der Waals surface area contributed by atoms with Crippen LogP contribution in [0.4, 0.5) is 4.39 Å². The van der Waals surface area contributed by atoms with Crippen molar-refractivity contribution in [1.82, 2.24) is 4.90 Å². The Morgan fingerprint density at radius 3 is 2.67 bits per heavy atom. The molecule has 1 aromatic rings. The zero-order valence-corrected chi connectivity index (χ0v) is 10.9. The van der Waals surface area contributed by atoms with Gasteiger partial charge in [-0.15, -0.1) is 0 Å². The highest BCUT2D eigenvalue weighted by atomic mass is 19.1. The van der Waals surface area contributed by atoms with E-state index in [0.717, 1.165) is 6.07 Å². The fraction of sp³-hybridized carbons (Fsp3) is 0.500. The molecule has 0 saturated heterocycles. The molecule has 100 valence electrons. The third kappa shape index (κ3) is 4.06. The number of hydrogen-bond donors (Lipinski definition) is 2. The van der Waals surface area contributed by atoms with Crippen molar-refractivity contribution in [3.8, 4) is 0 Å². The minimum atomic E-state index is -1.66. The van der Waals surface area contributed by atoms with Gasteiger partial charge >= 0.3 is 7.12 Å². The zero-order chi connectivity index (χ0) is 13.7. The van der Waals surface area contributed by atoms with Crippen molar-refractivity contribution in [2.75, 3.05) is 20.8 Å². The van der Waals surface area contributed by atoms with Gasteiger partial charge in [0.2, 0.25) is 0 Å². The minimum absolute atomic E-state index is 0.184. The first-order valence-electron chi connectivity index (χ1n) is 5.79. The van der Waals surface area contributed by atoms with Gasteiger partial charge < -0.3 is 14.8 Å². The van der Waals surface area contributed by atoms with Crippen LogP contribution in [0.25, 0.3) is 0 Å². The van der Waals surface area contributed by atoms with E-state index in [0.29, 0.717) is 18.7 Å². The normalized spacial score (nSPS) is 12.8. The highest BCUT2D eigenvalue weighted by molar-refractivity contribution is 6.59. The van der Waals surface area contributed by atoms with E-state index < -0.39 is 12.9 Å². The van der Waals surface area contributed by atoms with Gasteiger partial charge in [-0.05, 0) is 37.1 Å². The zero-order valence-electron chi connectivity index (χ0n) is 10.9. The summed E-state index contributed by atoms with van der Waals surface area (Å²) >= 11 is 0. The Hall–Kier alpha value is -0.945. The summed E-state index contributed by atoms with van der Waals surface area (Å²) in [4.78, 5) is 2.00. The largest absolute Gasteiger partial charge is 0.488 e. The topological polar surface area (TPSA) is 52.9 Å². The molecule has 1 atom stereocenters. The number of benzene rings is 1. The van der Waals surface area contributed by atoms with E-state index in [2.05, 4.69) is 0 Å². The average Bonchev–Trinajstić information content (AvgIpc) is 2.31. The predicted octanol–water partition coefficient (Wildman–Crippen LogP) is -0.0278. The van der Waals surface area contributed by atoms with Gasteiger partial charge in [0.05, 0.1) is 6.61 Å². The SMILES string of the molecule is COCC(C)N(C)Cc1ccc(F)cc1B(O)O. The Balaban J connectivity index is 2.83. The van der Waals surface area contributed by atoms with Crippen LogP contribution in [-0.2, 0) is 11.3 Å². The molecule has 0 fully saturated rings. The summed E-state index contributed by atoms with van der Waals surface area (Å²) in [5.74, 6) is -0.477. The molecular weight excluding hydrogens is 236 g/mol. The summed E-state index contributed by atoms with van der Waals surface area (Å²) < 4.78 is 18.1. The van der Waals surface area contributed by atoms with Crippen LogP contribution in [0.5, 0.6) is 0 Å². The third-order valence-electron chi connectivity index (χ3n) is 2.97. The summed E-state index contributed by atoms with van der Waals surface area (Å²) in [6.07, 6.45) is 0. The van der Waals surface area contributed by atoms with Crippen LogP contribution >= 0.6 is 0 Å². The predicted molar refractivity (Wildman–Crippen MR) is 69.0 cm³/mol. The molecule has 1 aromatic carbocycles. The Kier molecular flexibility index (Phi) is 5.75. The Morgan fingerprint density at radius 2 is 2.11 bits per heavy atom. The lowest BCUT2D eigenvalue weighted by atomic mass is 9.77. The second-order valence-electron chi connectivity index (χ2n) is 4.44. The molecule has 0 heterocycles. The molecule has 0 saturated carbocycles. The number of likely N-dealkylation sites (N-methyl/N-ethyl adjacent to an activating group) is 1. The number of rotatable bonds is 6. The van der Waals surface area contributed by atoms with Gasteiger partial charge in [0.25, 0.3) is 0 Å². The molecule has 0 aromatic heterocycles. The van der Waals surface area contributed by atoms with Crippen molar-refractivity contribution < 1.29 is 19.2 Å². The van der Waals surface area contributed by atoms with E-state index >= 15 is 0 Å². The molecular formula is C12H19BFNO3. The van der Waals surface area contributed by atoms with Crippen molar-refractivity contribution in [2.24, 2.45) is 0 Å². The van der Waals surface area contributed by atoms with Crippen LogP contribution in [0.1, 0.15) is 12.5 Å². The molecule has 6 heteroatoms. The number of nitrogens with zero attached hydrogens (tertiary/aromatic N) is 1. The highest BCUT2D eigenvalue weighted by Crippen LogP contribution is 2.07. The summed E-state index contributed by atoms with van der Waals surface area (Å²) in [5, 5.41) is 18.5. The van der Waals surface area contributed by atoms with Gasteiger partial charge in [-0.2, -0.15) is 0 Å². The number of methoxy groups -OCH3 is 1. The Bertz CT molecular complexity index is 390. The van der Waals surface area contributed by atoms with Gasteiger partial charge in [-0.1, -0.05) is 6.07 Å². The molecule has 18 heavy (non-hydrogen) atoms. The van der Waals surface area contributed by atoms with Crippen molar-refractivity contribution in [2.45, 2.75) is 19.5 Å². The molecule has 0 radical (unpaired) electrons. The maximum atomic E-state index is 13.1. The van der Waals surface area contributed by atoms with E-state index in [-0.39, 0.29) is 11.5 Å². The van der Waals surface area contributed by atoms with Crippen LogP contribution in [0.15, 0.2) is 18.2 Å². The molecule has 0 amide bonds. The Morgan fingerprint density at radius 1 is 1.44 bits per heavy atom. The van der Waals surface area contributed by atoms with Gasteiger partial charge in [-0.3, -0.25) is 4.90 Å². The van der Waals surface area contributed by atoms with E-state index in [4.69, 9.17) is 4.74 Å². The average molecular weight is 255 g/mol. The van der Waals surface area contributed by atoms with Gasteiger partial charge in [-0.25, -0.2) is 4.39 Å². The minimum Gasteiger partial charge on any atom is -0.423 e. The molecule has 0 aliphatic heterocycles. The maximum Gasteiger partial charge on any atom is 0.488 e. The molecule has 0 aliphatic rings. The van der Waals surface area contributed by atoms with Crippen molar-refractivity contribution in [3.63, 3.8) is 0 Å². The Labute approximate surface area is 107 Å². The lowest BCUT2D eigenvalue weighted by molar-refractivity contribution is 0.112. The highest BCUT2D eigenvalue weighted by Gasteiger charge is 2.19. The fourth-order valence-corrected chi connectivity index (χ4v) is 1.74. The van der Waals surface area contributed by atoms with Gasteiger partial charge in [0.1, 0.15) is 5.82 Å². The number of halogens is 1. The fourth-order valence-electron chi connectivity index (χ4n) is 1.74. The van der Waals surface area contributed by atoms with Gasteiger partial charge in [0, 0.05) is 19.7 Å². The van der Waals surface area contributed by atoms with Crippen molar-refractivity contribution in [1.29, 1.82) is 0 Å². The first-order chi connectivity index (χ1) is 8.45. The maximum absolute atomic E-state index is 13.1.